The van der Waals surface area contributed by atoms with E-state index < -0.39 is 0 Å². The van der Waals surface area contributed by atoms with Gasteiger partial charge in [0.05, 0.1) is 12.3 Å². The lowest BCUT2D eigenvalue weighted by Gasteiger charge is -2.21. The molecule has 0 aliphatic heterocycles. The van der Waals surface area contributed by atoms with Crippen LogP contribution < -0.4 is 4.74 Å². The molecule has 5 nitrogen and oxygen atoms in total. The van der Waals surface area contributed by atoms with E-state index >= 15 is 0 Å². The van der Waals surface area contributed by atoms with Crippen molar-refractivity contribution in [2.24, 2.45) is 0 Å². The van der Waals surface area contributed by atoms with Crippen LogP contribution in [0.2, 0.25) is 0 Å². The van der Waals surface area contributed by atoms with E-state index in [1.807, 2.05) is 57.2 Å². The van der Waals surface area contributed by atoms with Crippen LogP contribution in [-0.4, -0.2) is 40.2 Å². The topological polar surface area (TPSA) is 47.4 Å². The molecule has 3 aromatic rings. The summed E-state index contributed by atoms with van der Waals surface area (Å²) in [6.07, 6.45) is 1.72. The van der Waals surface area contributed by atoms with Crippen LogP contribution in [0.4, 0.5) is 4.79 Å². The lowest BCUT2D eigenvalue weighted by atomic mass is 10.1. The molecule has 0 bridgehead atoms. The standard InChI is InChI=1S/C20H22BrN3O2/c1-4-23(5-2)20(25)24-18(12-15-11-16(21)13-22-19(15)24)14-7-9-17(10-8-14)26-6-3/h7-13H,4-6H2,1-3H3. The van der Waals surface area contributed by atoms with E-state index in [-0.39, 0.29) is 6.03 Å². The van der Waals surface area contributed by atoms with Crippen molar-refractivity contribution in [3.8, 4) is 17.0 Å². The molecule has 0 atom stereocenters. The van der Waals surface area contributed by atoms with Gasteiger partial charge in [0.25, 0.3) is 0 Å². The second kappa shape index (κ2) is 7.91. The quantitative estimate of drug-likeness (QED) is 0.576. The van der Waals surface area contributed by atoms with E-state index in [4.69, 9.17) is 4.74 Å². The predicted octanol–water partition coefficient (Wildman–Crippen LogP) is 5.17. The van der Waals surface area contributed by atoms with Crippen LogP contribution in [-0.2, 0) is 0 Å². The minimum atomic E-state index is -0.0660. The molecular weight excluding hydrogens is 394 g/mol. The van der Waals surface area contributed by atoms with Gasteiger partial charge in [0.15, 0.2) is 0 Å². The molecule has 0 aliphatic carbocycles. The van der Waals surface area contributed by atoms with Crippen molar-refractivity contribution in [2.75, 3.05) is 19.7 Å². The smallest absolute Gasteiger partial charge is 0.330 e. The number of fused-ring (bicyclic) bond motifs is 1. The first-order valence-corrected chi connectivity index (χ1v) is 9.57. The lowest BCUT2D eigenvalue weighted by Crippen LogP contribution is -2.34. The van der Waals surface area contributed by atoms with Crippen LogP contribution in [0.3, 0.4) is 0 Å². The summed E-state index contributed by atoms with van der Waals surface area (Å²) in [5.41, 5.74) is 2.43. The first-order valence-electron chi connectivity index (χ1n) is 8.78. The summed E-state index contributed by atoms with van der Waals surface area (Å²) < 4.78 is 8.11. The molecule has 136 valence electrons. The van der Waals surface area contributed by atoms with Crippen LogP contribution in [0.1, 0.15) is 20.8 Å². The Morgan fingerprint density at radius 1 is 1.15 bits per heavy atom. The second-order valence-electron chi connectivity index (χ2n) is 5.84. The molecular formula is C20H22BrN3O2. The molecule has 0 spiro atoms. The number of ether oxygens (including phenoxy) is 1. The average Bonchev–Trinajstić information content (AvgIpc) is 3.02. The summed E-state index contributed by atoms with van der Waals surface area (Å²) >= 11 is 3.46. The molecule has 26 heavy (non-hydrogen) atoms. The second-order valence-corrected chi connectivity index (χ2v) is 6.76. The van der Waals surface area contributed by atoms with E-state index in [1.54, 1.807) is 15.7 Å². The molecule has 0 N–H and O–H groups in total. The third-order valence-electron chi connectivity index (χ3n) is 4.29. The van der Waals surface area contributed by atoms with Gasteiger partial charge >= 0.3 is 6.03 Å². The summed E-state index contributed by atoms with van der Waals surface area (Å²) in [4.78, 5) is 19.4. The van der Waals surface area contributed by atoms with Gasteiger partial charge in [0.2, 0.25) is 0 Å². The first kappa shape index (κ1) is 18.5. The van der Waals surface area contributed by atoms with E-state index in [2.05, 4.69) is 20.9 Å². The van der Waals surface area contributed by atoms with E-state index in [0.717, 1.165) is 26.9 Å². The Labute approximate surface area is 161 Å². The van der Waals surface area contributed by atoms with Crippen LogP contribution in [0, 0.1) is 0 Å². The Morgan fingerprint density at radius 3 is 2.46 bits per heavy atom. The maximum Gasteiger partial charge on any atom is 0.330 e. The molecule has 2 aromatic heterocycles. The largest absolute Gasteiger partial charge is 0.494 e. The molecule has 2 heterocycles. The van der Waals surface area contributed by atoms with Gasteiger partial charge < -0.3 is 9.64 Å². The van der Waals surface area contributed by atoms with Crippen LogP contribution in [0.15, 0.2) is 47.1 Å². The van der Waals surface area contributed by atoms with Crippen molar-refractivity contribution in [3.63, 3.8) is 0 Å². The number of carbonyl (C=O) groups excluding carboxylic acids is 1. The van der Waals surface area contributed by atoms with Crippen LogP contribution in [0.25, 0.3) is 22.3 Å². The van der Waals surface area contributed by atoms with Gasteiger partial charge in [-0.2, -0.15) is 0 Å². The zero-order chi connectivity index (χ0) is 18.7. The Morgan fingerprint density at radius 2 is 1.85 bits per heavy atom. The number of amides is 1. The minimum absolute atomic E-state index is 0.0660. The van der Waals surface area contributed by atoms with Crippen molar-refractivity contribution in [1.82, 2.24) is 14.5 Å². The number of carbonyl (C=O) groups is 1. The fourth-order valence-electron chi connectivity index (χ4n) is 3.00. The number of hydrogen-bond acceptors (Lipinski definition) is 3. The highest BCUT2D eigenvalue weighted by atomic mass is 79.9. The number of pyridine rings is 1. The molecule has 1 amide bonds. The van der Waals surface area contributed by atoms with E-state index in [1.165, 1.54) is 0 Å². The molecule has 3 rings (SSSR count). The fraction of sp³-hybridized carbons (Fsp3) is 0.300. The van der Waals surface area contributed by atoms with Gasteiger partial charge in [-0.05, 0) is 78.7 Å². The minimum Gasteiger partial charge on any atom is -0.494 e. The summed E-state index contributed by atoms with van der Waals surface area (Å²) in [5, 5.41) is 0.920. The average molecular weight is 416 g/mol. The first-order chi connectivity index (χ1) is 12.6. The van der Waals surface area contributed by atoms with Crippen molar-refractivity contribution in [2.45, 2.75) is 20.8 Å². The monoisotopic (exact) mass is 415 g/mol. The number of aromatic nitrogens is 2. The third-order valence-corrected chi connectivity index (χ3v) is 4.73. The number of nitrogens with zero attached hydrogens (tertiary/aromatic N) is 3. The lowest BCUT2D eigenvalue weighted by molar-refractivity contribution is 0.206. The maximum absolute atomic E-state index is 13.1. The van der Waals surface area contributed by atoms with Crippen molar-refractivity contribution >= 4 is 33.0 Å². The molecule has 6 heteroatoms. The Kier molecular flexibility index (Phi) is 5.61. The zero-order valence-corrected chi connectivity index (χ0v) is 16.8. The fourth-order valence-corrected chi connectivity index (χ4v) is 3.35. The van der Waals surface area contributed by atoms with Gasteiger partial charge in [0, 0.05) is 29.1 Å². The van der Waals surface area contributed by atoms with Crippen molar-refractivity contribution in [3.05, 3.63) is 47.1 Å². The molecule has 0 radical (unpaired) electrons. The Hall–Kier alpha value is -2.34. The SMILES string of the molecule is CCOc1ccc(-c2cc3cc(Br)cnc3n2C(=O)N(CC)CC)cc1. The van der Waals surface area contributed by atoms with Gasteiger partial charge in [-0.1, -0.05) is 0 Å². The highest BCUT2D eigenvalue weighted by molar-refractivity contribution is 9.10. The number of hydrogen-bond donors (Lipinski definition) is 0. The highest BCUT2D eigenvalue weighted by Crippen LogP contribution is 2.30. The summed E-state index contributed by atoms with van der Waals surface area (Å²) in [5.74, 6) is 0.815. The highest BCUT2D eigenvalue weighted by Gasteiger charge is 2.21. The van der Waals surface area contributed by atoms with E-state index in [9.17, 15) is 4.79 Å². The van der Waals surface area contributed by atoms with Crippen molar-refractivity contribution < 1.29 is 9.53 Å². The number of benzene rings is 1. The van der Waals surface area contributed by atoms with Crippen LogP contribution >= 0.6 is 15.9 Å². The molecule has 0 aliphatic rings. The number of rotatable bonds is 5. The predicted molar refractivity (Wildman–Crippen MR) is 108 cm³/mol. The van der Waals surface area contributed by atoms with Gasteiger partial charge in [-0.3, -0.25) is 0 Å². The van der Waals surface area contributed by atoms with Gasteiger partial charge in [-0.15, -0.1) is 0 Å². The summed E-state index contributed by atoms with van der Waals surface area (Å²) in [6.45, 7) is 7.83. The maximum atomic E-state index is 13.1. The third kappa shape index (κ3) is 3.46. The van der Waals surface area contributed by atoms with Gasteiger partial charge in [0.1, 0.15) is 11.4 Å². The van der Waals surface area contributed by atoms with E-state index in [0.29, 0.717) is 25.3 Å². The number of halogens is 1. The zero-order valence-electron chi connectivity index (χ0n) is 15.2. The van der Waals surface area contributed by atoms with Gasteiger partial charge in [-0.25, -0.2) is 14.3 Å². The molecule has 0 saturated heterocycles. The van der Waals surface area contributed by atoms with Crippen molar-refractivity contribution in [1.29, 1.82) is 0 Å². The summed E-state index contributed by atoms with van der Waals surface area (Å²) in [6, 6.07) is 11.7. The normalized spacial score (nSPS) is 10.9. The van der Waals surface area contributed by atoms with Crippen LogP contribution in [0.5, 0.6) is 5.75 Å². The molecule has 1 aromatic carbocycles. The Bertz CT molecular complexity index is 915. The summed E-state index contributed by atoms with van der Waals surface area (Å²) in [7, 11) is 0. The molecule has 0 saturated carbocycles. The Balaban J connectivity index is 2.17. The molecule has 0 unspecified atom stereocenters. The molecule has 0 fully saturated rings.